The van der Waals surface area contributed by atoms with Crippen LogP contribution in [0.25, 0.3) is 0 Å². The molecule has 1 atom stereocenters. The van der Waals surface area contributed by atoms with Crippen LogP contribution in [0.2, 0.25) is 0 Å². The van der Waals surface area contributed by atoms with Gasteiger partial charge in [0.15, 0.2) is 0 Å². The van der Waals surface area contributed by atoms with Crippen molar-refractivity contribution in [1.82, 2.24) is 10.4 Å². The number of aromatic nitrogens is 1. The van der Waals surface area contributed by atoms with Gasteiger partial charge >= 0.3 is 0 Å². The molecule has 0 amide bonds. The highest BCUT2D eigenvalue weighted by atomic mass is 19.1. The summed E-state index contributed by atoms with van der Waals surface area (Å²) in [7, 11) is 0. The molecule has 4 heteroatoms. The van der Waals surface area contributed by atoms with Gasteiger partial charge in [0.2, 0.25) is 0 Å². The summed E-state index contributed by atoms with van der Waals surface area (Å²) in [4.78, 5) is 3.88. The van der Waals surface area contributed by atoms with Crippen LogP contribution in [0, 0.1) is 11.7 Å². The fourth-order valence-electron chi connectivity index (χ4n) is 2.84. The SMILES string of the molecule is NNC(CCC1CCCCC1)c1cncc(F)c1. The van der Waals surface area contributed by atoms with Crippen molar-refractivity contribution in [3.63, 3.8) is 0 Å². The van der Waals surface area contributed by atoms with E-state index in [1.807, 2.05) is 0 Å². The van der Waals surface area contributed by atoms with Gasteiger partial charge in [0.1, 0.15) is 5.82 Å². The van der Waals surface area contributed by atoms with E-state index in [4.69, 9.17) is 5.84 Å². The number of nitrogens with one attached hydrogen (secondary N) is 1. The van der Waals surface area contributed by atoms with Crippen molar-refractivity contribution in [1.29, 1.82) is 0 Å². The molecular weight excluding hydrogens is 229 g/mol. The standard InChI is InChI=1S/C14H22FN3/c15-13-8-12(9-17-10-13)14(18-16)7-6-11-4-2-1-3-5-11/h8-11,14,18H,1-7,16H2. The van der Waals surface area contributed by atoms with Gasteiger partial charge < -0.3 is 0 Å². The van der Waals surface area contributed by atoms with Crippen LogP contribution in [0.15, 0.2) is 18.5 Å². The van der Waals surface area contributed by atoms with Gasteiger partial charge in [-0.15, -0.1) is 0 Å². The first kappa shape index (κ1) is 13.4. The Labute approximate surface area is 108 Å². The Morgan fingerprint density at radius 2 is 2.11 bits per heavy atom. The summed E-state index contributed by atoms with van der Waals surface area (Å²) in [5, 5.41) is 0. The molecule has 0 bridgehead atoms. The van der Waals surface area contributed by atoms with Crippen molar-refractivity contribution in [2.45, 2.75) is 51.0 Å². The highest BCUT2D eigenvalue weighted by Gasteiger charge is 2.17. The van der Waals surface area contributed by atoms with Crippen LogP contribution in [-0.4, -0.2) is 4.98 Å². The molecule has 1 aromatic heterocycles. The van der Waals surface area contributed by atoms with Gasteiger partial charge in [-0.1, -0.05) is 32.1 Å². The Balaban J connectivity index is 1.88. The smallest absolute Gasteiger partial charge is 0.141 e. The van der Waals surface area contributed by atoms with E-state index in [1.165, 1.54) is 44.4 Å². The van der Waals surface area contributed by atoms with Gasteiger partial charge in [-0.2, -0.15) is 0 Å². The van der Waals surface area contributed by atoms with Crippen molar-refractivity contribution >= 4 is 0 Å². The molecule has 1 unspecified atom stereocenters. The molecule has 3 nitrogen and oxygen atoms in total. The van der Waals surface area contributed by atoms with E-state index in [2.05, 4.69) is 10.4 Å². The summed E-state index contributed by atoms with van der Waals surface area (Å²) in [5.41, 5.74) is 3.62. The molecule has 1 aliphatic rings. The molecule has 1 fully saturated rings. The maximum atomic E-state index is 13.1. The number of hydrogen-bond acceptors (Lipinski definition) is 3. The number of nitrogens with two attached hydrogens (primary N) is 1. The second kappa shape index (κ2) is 6.81. The van der Waals surface area contributed by atoms with Gasteiger partial charge in [0.25, 0.3) is 0 Å². The van der Waals surface area contributed by atoms with Gasteiger partial charge in [-0.05, 0) is 30.4 Å². The van der Waals surface area contributed by atoms with Gasteiger partial charge in [-0.25, -0.2) is 4.39 Å². The fraction of sp³-hybridized carbons (Fsp3) is 0.643. The molecule has 0 spiro atoms. The lowest BCUT2D eigenvalue weighted by atomic mass is 9.84. The second-order valence-corrected chi connectivity index (χ2v) is 5.24. The third-order valence-corrected chi connectivity index (χ3v) is 3.92. The van der Waals surface area contributed by atoms with E-state index < -0.39 is 0 Å². The van der Waals surface area contributed by atoms with E-state index in [0.29, 0.717) is 0 Å². The maximum absolute atomic E-state index is 13.1. The van der Waals surface area contributed by atoms with Gasteiger partial charge in [0, 0.05) is 12.2 Å². The molecule has 1 saturated carbocycles. The summed E-state index contributed by atoms with van der Waals surface area (Å²) in [5.74, 6) is 6.09. The molecule has 2 rings (SSSR count). The molecule has 18 heavy (non-hydrogen) atoms. The van der Waals surface area contributed by atoms with Gasteiger partial charge in [-0.3, -0.25) is 16.3 Å². The third kappa shape index (κ3) is 3.75. The zero-order valence-corrected chi connectivity index (χ0v) is 10.7. The summed E-state index contributed by atoms with van der Waals surface area (Å²) >= 11 is 0. The Morgan fingerprint density at radius 1 is 1.33 bits per heavy atom. The van der Waals surface area contributed by atoms with Crippen LogP contribution in [0.3, 0.4) is 0 Å². The molecule has 0 saturated heterocycles. The van der Waals surface area contributed by atoms with E-state index in [0.717, 1.165) is 24.3 Å². The van der Waals surface area contributed by atoms with E-state index >= 15 is 0 Å². The quantitative estimate of drug-likeness (QED) is 0.624. The molecule has 1 aromatic rings. The fourth-order valence-corrected chi connectivity index (χ4v) is 2.84. The molecule has 3 N–H and O–H groups in total. The van der Waals surface area contributed by atoms with Crippen LogP contribution in [0.1, 0.15) is 56.6 Å². The normalized spacial score (nSPS) is 18.8. The zero-order chi connectivity index (χ0) is 12.8. The van der Waals surface area contributed by atoms with Crippen LogP contribution >= 0.6 is 0 Å². The third-order valence-electron chi connectivity index (χ3n) is 3.92. The van der Waals surface area contributed by atoms with Crippen LogP contribution in [0.4, 0.5) is 4.39 Å². The first-order chi connectivity index (χ1) is 8.79. The highest BCUT2D eigenvalue weighted by Crippen LogP contribution is 2.30. The Bertz CT molecular complexity index is 364. The lowest BCUT2D eigenvalue weighted by Crippen LogP contribution is -2.28. The number of nitrogens with zero attached hydrogens (tertiary/aromatic N) is 1. The number of hydrazine groups is 1. The van der Waals surface area contributed by atoms with Crippen LogP contribution in [-0.2, 0) is 0 Å². The first-order valence-corrected chi connectivity index (χ1v) is 6.86. The average molecular weight is 251 g/mol. The Kier molecular flexibility index (Phi) is 5.08. The summed E-state index contributed by atoms with van der Waals surface area (Å²) in [6.07, 6.45) is 11.8. The Hall–Kier alpha value is -1.00. The average Bonchev–Trinajstić information content (AvgIpc) is 2.41. The number of rotatable bonds is 5. The molecule has 1 heterocycles. The minimum Gasteiger partial charge on any atom is -0.271 e. The molecule has 100 valence electrons. The summed E-state index contributed by atoms with van der Waals surface area (Å²) in [6.45, 7) is 0. The van der Waals surface area contributed by atoms with Crippen molar-refractivity contribution < 1.29 is 4.39 Å². The number of hydrogen-bond donors (Lipinski definition) is 2. The first-order valence-electron chi connectivity index (χ1n) is 6.86. The largest absolute Gasteiger partial charge is 0.271 e. The van der Waals surface area contributed by atoms with Crippen molar-refractivity contribution in [3.8, 4) is 0 Å². The topological polar surface area (TPSA) is 50.9 Å². The number of pyridine rings is 1. The molecule has 0 radical (unpaired) electrons. The van der Waals surface area contributed by atoms with Crippen LogP contribution in [0.5, 0.6) is 0 Å². The Morgan fingerprint density at radius 3 is 2.78 bits per heavy atom. The molecule has 0 aliphatic heterocycles. The lowest BCUT2D eigenvalue weighted by molar-refractivity contribution is 0.314. The predicted octanol–water partition coefficient (Wildman–Crippen LogP) is 3.09. The number of halogens is 1. The zero-order valence-electron chi connectivity index (χ0n) is 10.7. The van der Waals surface area contributed by atoms with Gasteiger partial charge in [0.05, 0.1) is 6.20 Å². The minimum atomic E-state index is -0.301. The monoisotopic (exact) mass is 251 g/mol. The maximum Gasteiger partial charge on any atom is 0.141 e. The van der Waals surface area contributed by atoms with E-state index in [9.17, 15) is 4.39 Å². The van der Waals surface area contributed by atoms with Crippen LogP contribution < -0.4 is 11.3 Å². The van der Waals surface area contributed by atoms with Crippen molar-refractivity contribution in [3.05, 3.63) is 29.8 Å². The predicted molar refractivity (Wildman–Crippen MR) is 70.1 cm³/mol. The molecule has 1 aliphatic carbocycles. The minimum absolute atomic E-state index is 0.00938. The second-order valence-electron chi connectivity index (χ2n) is 5.24. The molecular formula is C14H22FN3. The molecule has 0 aromatic carbocycles. The van der Waals surface area contributed by atoms with E-state index in [1.54, 1.807) is 6.20 Å². The van der Waals surface area contributed by atoms with Crippen molar-refractivity contribution in [2.24, 2.45) is 11.8 Å². The highest BCUT2D eigenvalue weighted by molar-refractivity contribution is 5.14. The summed E-state index contributed by atoms with van der Waals surface area (Å²) < 4.78 is 13.1. The lowest BCUT2D eigenvalue weighted by Gasteiger charge is -2.24. The van der Waals surface area contributed by atoms with Crippen molar-refractivity contribution in [2.75, 3.05) is 0 Å². The summed E-state index contributed by atoms with van der Waals surface area (Å²) in [6, 6.07) is 1.52. The van der Waals surface area contributed by atoms with E-state index in [-0.39, 0.29) is 11.9 Å².